The van der Waals surface area contributed by atoms with E-state index in [9.17, 15) is 17.6 Å². The van der Waals surface area contributed by atoms with Crippen molar-refractivity contribution in [2.75, 3.05) is 18.0 Å². The van der Waals surface area contributed by atoms with Gasteiger partial charge in [-0.3, -0.25) is 14.7 Å². The Bertz CT molecular complexity index is 1450. The summed E-state index contributed by atoms with van der Waals surface area (Å²) < 4.78 is 42.2. The van der Waals surface area contributed by atoms with Gasteiger partial charge in [-0.2, -0.15) is 4.31 Å². The number of sulfonamides is 1. The molecule has 4 aromatic rings. The molecule has 0 N–H and O–H groups in total. The minimum atomic E-state index is -3.71. The van der Waals surface area contributed by atoms with Crippen LogP contribution in [-0.2, 0) is 21.4 Å². The van der Waals surface area contributed by atoms with Gasteiger partial charge in [-0.1, -0.05) is 35.6 Å². The molecule has 2 aromatic carbocycles. The number of halogens is 1. The number of carbonyl (C=O) groups excluding carboxylic acids is 1. The number of pyridine rings is 1. The van der Waals surface area contributed by atoms with Gasteiger partial charge in [0.15, 0.2) is 5.13 Å². The van der Waals surface area contributed by atoms with Gasteiger partial charge in [0.1, 0.15) is 5.82 Å². The van der Waals surface area contributed by atoms with Crippen molar-refractivity contribution in [2.24, 2.45) is 5.92 Å². The number of thiazole rings is 1. The standard InChI is InChI=1S/C25H23FN4O3S2/c26-19-11-12-22-23(15-19)34-25(28-22)30(17-20-8-4-5-13-27-20)24(31)18-7-6-14-29(16-18)35(32,33)21-9-2-1-3-10-21/h1-5,8-13,15,18H,6-7,14,16-17H2. The van der Waals surface area contributed by atoms with Crippen LogP contribution in [0.2, 0.25) is 0 Å². The quantitative estimate of drug-likeness (QED) is 0.382. The molecule has 0 saturated carbocycles. The second kappa shape index (κ2) is 9.80. The average molecular weight is 511 g/mol. The maximum atomic E-state index is 13.8. The lowest BCUT2D eigenvalue weighted by molar-refractivity contribution is -0.123. The Hall–Kier alpha value is -3.21. The summed E-state index contributed by atoms with van der Waals surface area (Å²) >= 11 is 1.23. The number of fused-ring (bicyclic) bond motifs is 1. The molecular weight excluding hydrogens is 487 g/mol. The highest BCUT2D eigenvalue weighted by Crippen LogP contribution is 2.33. The third-order valence-electron chi connectivity index (χ3n) is 6.00. The second-order valence-corrected chi connectivity index (χ2v) is 11.3. The first-order valence-electron chi connectivity index (χ1n) is 11.2. The van der Waals surface area contributed by atoms with Gasteiger partial charge in [0, 0.05) is 19.3 Å². The summed E-state index contributed by atoms with van der Waals surface area (Å²) in [6.07, 6.45) is 2.79. The van der Waals surface area contributed by atoms with Crippen molar-refractivity contribution in [3.05, 3.63) is 84.4 Å². The molecule has 7 nitrogen and oxygen atoms in total. The molecule has 1 aliphatic heterocycles. The minimum absolute atomic E-state index is 0.0916. The monoisotopic (exact) mass is 510 g/mol. The summed E-state index contributed by atoms with van der Waals surface area (Å²) in [7, 11) is -3.71. The highest BCUT2D eigenvalue weighted by atomic mass is 32.2. The third kappa shape index (κ3) is 4.95. The Labute approximate surface area is 206 Å². The van der Waals surface area contributed by atoms with Gasteiger partial charge in [-0.05, 0) is 55.3 Å². The molecular formula is C25H23FN4O3S2. The predicted molar refractivity (Wildman–Crippen MR) is 133 cm³/mol. The van der Waals surface area contributed by atoms with E-state index in [-0.39, 0.29) is 29.7 Å². The van der Waals surface area contributed by atoms with Gasteiger partial charge in [0.05, 0.1) is 33.3 Å². The molecule has 180 valence electrons. The van der Waals surface area contributed by atoms with E-state index in [0.717, 1.165) is 0 Å². The summed E-state index contributed by atoms with van der Waals surface area (Å²) in [6.45, 7) is 0.639. The third-order valence-corrected chi connectivity index (χ3v) is 8.92. The van der Waals surface area contributed by atoms with Crippen LogP contribution in [0.3, 0.4) is 0 Å². The zero-order chi connectivity index (χ0) is 24.4. The van der Waals surface area contributed by atoms with Gasteiger partial charge in [0.25, 0.3) is 0 Å². The fourth-order valence-corrected chi connectivity index (χ4v) is 6.76. The molecule has 1 fully saturated rings. The van der Waals surface area contributed by atoms with E-state index in [1.165, 1.54) is 27.8 Å². The van der Waals surface area contributed by atoms with Crippen molar-refractivity contribution in [2.45, 2.75) is 24.3 Å². The van der Waals surface area contributed by atoms with Crippen molar-refractivity contribution in [3.63, 3.8) is 0 Å². The molecule has 1 unspecified atom stereocenters. The summed E-state index contributed by atoms with van der Waals surface area (Å²) in [5, 5.41) is 0.435. The number of piperidine rings is 1. The summed E-state index contributed by atoms with van der Waals surface area (Å²) in [6, 6.07) is 18.0. The Morgan fingerprint density at radius 1 is 1.11 bits per heavy atom. The first-order valence-corrected chi connectivity index (χ1v) is 13.5. The maximum Gasteiger partial charge on any atom is 0.243 e. The number of carbonyl (C=O) groups is 1. The van der Waals surface area contributed by atoms with E-state index >= 15 is 0 Å². The lowest BCUT2D eigenvalue weighted by Crippen LogP contribution is -2.46. The van der Waals surface area contributed by atoms with Gasteiger partial charge in [-0.25, -0.2) is 17.8 Å². The zero-order valence-corrected chi connectivity index (χ0v) is 20.4. The van der Waals surface area contributed by atoms with Crippen molar-refractivity contribution in [1.82, 2.24) is 14.3 Å². The Morgan fingerprint density at radius 3 is 2.69 bits per heavy atom. The average Bonchev–Trinajstić information content (AvgIpc) is 3.31. The van der Waals surface area contributed by atoms with Gasteiger partial charge < -0.3 is 0 Å². The van der Waals surface area contributed by atoms with E-state index in [1.54, 1.807) is 53.6 Å². The molecule has 0 radical (unpaired) electrons. The van der Waals surface area contributed by atoms with Crippen LogP contribution in [0.25, 0.3) is 10.2 Å². The van der Waals surface area contributed by atoms with E-state index < -0.39 is 15.9 Å². The molecule has 3 heterocycles. The molecule has 5 rings (SSSR count). The van der Waals surface area contributed by atoms with Crippen LogP contribution in [0.15, 0.2) is 77.8 Å². The largest absolute Gasteiger partial charge is 0.282 e. The van der Waals surface area contributed by atoms with Crippen molar-refractivity contribution >= 4 is 42.6 Å². The summed E-state index contributed by atoms with van der Waals surface area (Å²) in [4.78, 5) is 24.5. The fourth-order valence-electron chi connectivity index (χ4n) is 4.22. The van der Waals surface area contributed by atoms with Crippen LogP contribution in [0, 0.1) is 11.7 Å². The minimum Gasteiger partial charge on any atom is -0.282 e. The van der Waals surface area contributed by atoms with Crippen LogP contribution in [0.4, 0.5) is 9.52 Å². The lowest BCUT2D eigenvalue weighted by atomic mass is 9.98. The molecule has 1 saturated heterocycles. The van der Waals surface area contributed by atoms with E-state index in [0.29, 0.717) is 40.4 Å². The molecule has 0 bridgehead atoms. The van der Waals surface area contributed by atoms with E-state index in [1.807, 2.05) is 12.1 Å². The van der Waals surface area contributed by atoms with Gasteiger partial charge in [-0.15, -0.1) is 0 Å². The summed E-state index contributed by atoms with van der Waals surface area (Å²) in [5.74, 6) is -1.12. The predicted octanol–water partition coefficient (Wildman–Crippen LogP) is 4.46. The number of amides is 1. The van der Waals surface area contributed by atoms with Crippen LogP contribution in [-0.4, -0.2) is 41.7 Å². The SMILES string of the molecule is O=C(C1CCCN(S(=O)(=O)c2ccccc2)C1)N(Cc1ccccn1)c1nc2ccc(F)cc2s1. The van der Waals surface area contributed by atoms with Crippen molar-refractivity contribution in [3.8, 4) is 0 Å². The molecule has 0 aliphatic carbocycles. The number of hydrogen-bond donors (Lipinski definition) is 0. The number of nitrogens with zero attached hydrogens (tertiary/aromatic N) is 4. The number of hydrogen-bond acceptors (Lipinski definition) is 6. The fraction of sp³-hybridized carbons (Fsp3) is 0.240. The van der Waals surface area contributed by atoms with Gasteiger partial charge >= 0.3 is 0 Å². The zero-order valence-electron chi connectivity index (χ0n) is 18.7. The number of aromatic nitrogens is 2. The molecule has 1 atom stereocenters. The number of anilines is 1. The maximum absolute atomic E-state index is 13.8. The Kier molecular flexibility index (Phi) is 6.59. The Balaban J connectivity index is 1.45. The molecule has 2 aromatic heterocycles. The normalized spacial score (nSPS) is 16.9. The first kappa shape index (κ1) is 23.5. The summed E-state index contributed by atoms with van der Waals surface area (Å²) in [5.41, 5.74) is 1.28. The second-order valence-electron chi connectivity index (χ2n) is 8.37. The molecule has 10 heteroatoms. The smallest absolute Gasteiger partial charge is 0.243 e. The van der Waals surface area contributed by atoms with Crippen LogP contribution in [0.1, 0.15) is 18.5 Å². The van der Waals surface area contributed by atoms with Gasteiger partial charge in [0.2, 0.25) is 15.9 Å². The molecule has 1 aliphatic rings. The van der Waals surface area contributed by atoms with Crippen LogP contribution in [0.5, 0.6) is 0 Å². The van der Waals surface area contributed by atoms with Crippen LogP contribution >= 0.6 is 11.3 Å². The highest BCUT2D eigenvalue weighted by molar-refractivity contribution is 7.89. The first-order chi connectivity index (χ1) is 16.9. The molecule has 1 amide bonds. The molecule has 35 heavy (non-hydrogen) atoms. The van der Waals surface area contributed by atoms with Crippen LogP contribution < -0.4 is 4.90 Å². The Morgan fingerprint density at radius 2 is 1.91 bits per heavy atom. The number of benzene rings is 2. The number of rotatable bonds is 6. The van der Waals surface area contributed by atoms with Crippen molar-refractivity contribution in [1.29, 1.82) is 0 Å². The van der Waals surface area contributed by atoms with E-state index in [2.05, 4.69) is 9.97 Å². The lowest BCUT2D eigenvalue weighted by Gasteiger charge is -2.33. The topological polar surface area (TPSA) is 83.5 Å². The molecule has 0 spiro atoms. The van der Waals surface area contributed by atoms with E-state index in [4.69, 9.17) is 0 Å². The highest BCUT2D eigenvalue weighted by Gasteiger charge is 2.36. The van der Waals surface area contributed by atoms with Crippen molar-refractivity contribution < 1.29 is 17.6 Å².